The first-order chi connectivity index (χ1) is 10.9. The summed E-state index contributed by atoms with van der Waals surface area (Å²) in [6.45, 7) is 2.27. The normalized spacial score (nSPS) is 21.1. The van der Waals surface area contributed by atoms with Crippen LogP contribution in [0.2, 0.25) is 5.02 Å². The Labute approximate surface area is 142 Å². The van der Waals surface area contributed by atoms with E-state index in [9.17, 15) is 8.78 Å². The Kier molecular flexibility index (Phi) is 4.31. The second-order valence-electron chi connectivity index (χ2n) is 5.58. The van der Waals surface area contributed by atoms with E-state index in [1.807, 2.05) is 0 Å². The highest BCUT2D eigenvalue weighted by molar-refractivity contribution is 7.80. The van der Waals surface area contributed by atoms with Gasteiger partial charge >= 0.3 is 0 Å². The number of nitrogens with zero attached hydrogens (tertiary/aromatic N) is 1. The van der Waals surface area contributed by atoms with E-state index in [4.69, 9.17) is 28.6 Å². The maximum absolute atomic E-state index is 14.4. The Morgan fingerprint density at radius 2 is 2.04 bits per heavy atom. The highest BCUT2D eigenvalue weighted by Crippen LogP contribution is 2.33. The van der Waals surface area contributed by atoms with Crippen LogP contribution in [-0.4, -0.2) is 23.2 Å². The lowest BCUT2D eigenvalue weighted by atomic mass is 9.89. The first-order valence-corrected chi connectivity index (χ1v) is 7.67. The molecule has 0 spiro atoms. The monoisotopic (exact) mass is 354 g/mol. The van der Waals surface area contributed by atoms with Gasteiger partial charge in [-0.15, -0.1) is 0 Å². The summed E-state index contributed by atoms with van der Waals surface area (Å²) in [7, 11) is 0. The molecule has 1 atom stereocenters. The van der Waals surface area contributed by atoms with Gasteiger partial charge in [-0.1, -0.05) is 23.8 Å². The van der Waals surface area contributed by atoms with E-state index in [2.05, 4.69) is 10.3 Å². The lowest BCUT2D eigenvalue weighted by Gasteiger charge is -2.36. The van der Waals surface area contributed by atoms with E-state index in [0.717, 1.165) is 6.07 Å². The molecule has 1 aromatic carbocycles. The quantitative estimate of drug-likeness (QED) is 0.831. The highest BCUT2D eigenvalue weighted by Gasteiger charge is 2.34. The van der Waals surface area contributed by atoms with Gasteiger partial charge in [0.05, 0.1) is 23.8 Å². The van der Waals surface area contributed by atoms with Crippen molar-refractivity contribution in [1.82, 2.24) is 10.3 Å². The first-order valence-electron chi connectivity index (χ1n) is 6.88. The minimum absolute atomic E-state index is 0.218. The van der Waals surface area contributed by atoms with E-state index >= 15 is 0 Å². The number of ether oxygens (including phenoxy) is 1. The highest BCUT2D eigenvalue weighted by atomic mass is 35.5. The number of hydrogen-bond donors (Lipinski definition) is 1. The number of aromatic nitrogens is 1. The topological polar surface area (TPSA) is 34.1 Å². The zero-order valence-corrected chi connectivity index (χ0v) is 13.8. The Hall–Kier alpha value is -1.63. The summed E-state index contributed by atoms with van der Waals surface area (Å²) in [5.41, 5.74) is 0.0967. The number of rotatable bonds is 2. The van der Waals surface area contributed by atoms with Crippen LogP contribution in [0.3, 0.4) is 0 Å². The van der Waals surface area contributed by atoms with Gasteiger partial charge in [0.25, 0.3) is 0 Å². The molecule has 0 saturated carbocycles. The summed E-state index contributed by atoms with van der Waals surface area (Å²) in [4.78, 5) is 4.42. The molecule has 1 unspecified atom stereocenters. The molecule has 2 heterocycles. The van der Waals surface area contributed by atoms with Crippen molar-refractivity contribution < 1.29 is 13.5 Å². The Morgan fingerprint density at radius 1 is 1.26 bits per heavy atom. The van der Waals surface area contributed by atoms with Crippen LogP contribution < -0.4 is 5.32 Å². The van der Waals surface area contributed by atoms with Crippen molar-refractivity contribution in [2.24, 2.45) is 0 Å². The second-order valence-corrected chi connectivity index (χ2v) is 6.51. The third kappa shape index (κ3) is 3.20. The largest absolute Gasteiger partial charge is 0.372 e. The summed E-state index contributed by atoms with van der Waals surface area (Å²) in [5.74, 6) is -1.34. The van der Waals surface area contributed by atoms with Crippen molar-refractivity contribution in [1.29, 1.82) is 0 Å². The number of morpholine rings is 1. The fraction of sp³-hybridized carbons (Fsp3) is 0.250. The van der Waals surface area contributed by atoms with Crippen LogP contribution in [0, 0.1) is 11.6 Å². The molecular formula is C16H13ClF2N2OS. The van der Waals surface area contributed by atoms with E-state index in [1.54, 1.807) is 13.0 Å². The van der Waals surface area contributed by atoms with Gasteiger partial charge in [0.1, 0.15) is 16.6 Å². The molecule has 0 radical (unpaired) electrons. The van der Waals surface area contributed by atoms with Gasteiger partial charge in [-0.25, -0.2) is 8.78 Å². The molecule has 120 valence electrons. The van der Waals surface area contributed by atoms with Crippen molar-refractivity contribution in [3.8, 4) is 11.1 Å². The summed E-state index contributed by atoms with van der Waals surface area (Å²) >= 11 is 11.0. The van der Waals surface area contributed by atoms with Crippen molar-refractivity contribution in [2.45, 2.75) is 12.5 Å². The van der Waals surface area contributed by atoms with Crippen LogP contribution in [0.1, 0.15) is 12.5 Å². The molecule has 1 aliphatic heterocycles. The SMILES string of the molecule is CC1(c2cc(-c3cncc(Cl)c3)c(F)cc2F)COCC(=S)N1. The number of nitrogens with one attached hydrogen (secondary N) is 1. The molecule has 3 nitrogen and oxygen atoms in total. The maximum atomic E-state index is 14.4. The van der Waals surface area contributed by atoms with E-state index in [0.29, 0.717) is 22.2 Å². The number of hydrogen-bond acceptors (Lipinski definition) is 3. The standard InChI is InChI=1S/C16H13ClF2N2OS/c1-16(8-22-7-15(23)21-16)12-3-11(13(18)4-14(12)19)9-2-10(17)6-20-5-9/h2-6H,7-8H2,1H3,(H,21,23). The van der Waals surface area contributed by atoms with Crippen LogP contribution in [0.4, 0.5) is 8.78 Å². The molecule has 3 rings (SSSR count). The third-order valence-electron chi connectivity index (χ3n) is 3.71. The molecule has 0 amide bonds. The lowest BCUT2D eigenvalue weighted by Crippen LogP contribution is -2.52. The van der Waals surface area contributed by atoms with Crippen molar-refractivity contribution in [3.63, 3.8) is 0 Å². The van der Waals surface area contributed by atoms with Gasteiger partial charge < -0.3 is 10.1 Å². The zero-order chi connectivity index (χ0) is 16.6. The molecule has 1 fully saturated rings. The Bertz CT molecular complexity index is 787. The van der Waals surface area contributed by atoms with Gasteiger partial charge in [0.2, 0.25) is 0 Å². The maximum Gasteiger partial charge on any atom is 0.134 e. The zero-order valence-electron chi connectivity index (χ0n) is 12.2. The predicted molar refractivity (Wildman–Crippen MR) is 88.5 cm³/mol. The number of benzene rings is 1. The lowest BCUT2D eigenvalue weighted by molar-refractivity contribution is 0.0857. The number of pyridine rings is 1. The Morgan fingerprint density at radius 3 is 2.74 bits per heavy atom. The van der Waals surface area contributed by atoms with E-state index in [-0.39, 0.29) is 17.7 Å². The molecule has 1 aliphatic rings. The van der Waals surface area contributed by atoms with E-state index in [1.165, 1.54) is 18.5 Å². The number of halogens is 3. The first kappa shape index (κ1) is 16.2. The molecule has 0 aliphatic carbocycles. The summed E-state index contributed by atoms with van der Waals surface area (Å²) in [5, 5.41) is 3.44. The van der Waals surface area contributed by atoms with Crippen LogP contribution in [-0.2, 0) is 10.3 Å². The average molecular weight is 355 g/mol. The third-order valence-corrected chi connectivity index (χ3v) is 4.13. The van der Waals surface area contributed by atoms with Gasteiger partial charge in [-0.05, 0) is 19.1 Å². The molecule has 23 heavy (non-hydrogen) atoms. The molecule has 0 bridgehead atoms. The second kappa shape index (κ2) is 6.11. The molecular weight excluding hydrogens is 342 g/mol. The molecule has 1 N–H and O–H groups in total. The predicted octanol–water partition coefficient (Wildman–Crippen LogP) is 3.84. The molecule has 1 aromatic heterocycles. The van der Waals surface area contributed by atoms with Crippen LogP contribution in [0.15, 0.2) is 30.6 Å². The minimum Gasteiger partial charge on any atom is -0.372 e. The summed E-state index contributed by atoms with van der Waals surface area (Å²) in [6, 6.07) is 3.88. The van der Waals surface area contributed by atoms with Crippen molar-refractivity contribution >= 4 is 28.8 Å². The number of thiocarbonyl (C=S) groups is 1. The minimum atomic E-state index is -0.867. The average Bonchev–Trinajstić information content (AvgIpc) is 2.46. The van der Waals surface area contributed by atoms with Crippen LogP contribution in [0.25, 0.3) is 11.1 Å². The smallest absolute Gasteiger partial charge is 0.134 e. The van der Waals surface area contributed by atoms with Crippen molar-refractivity contribution in [2.75, 3.05) is 13.2 Å². The van der Waals surface area contributed by atoms with Gasteiger partial charge in [0.15, 0.2) is 0 Å². The fourth-order valence-electron chi connectivity index (χ4n) is 2.63. The Balaban J connectivity index is 2.12. The van der Waals surface area contributed by atoms with E-state index < -0.39 is 17.2 Å². The van der Waals surface area contributed by atoms with Crippen LogP contribution >= 0.6 is 23.8 Å². The molecule has 1 saturated heterocycles. The van der Waals surface area contributed by atoms with Crippen LogP contribution in [0.5, 0.6) is 0 Å². The van der Waals surface area contributed by atoms with Crippen molar-refractivity contribution in [3.05, 3.63) is 52.8 Å². The molecule has 2 aromatic rings. The van der Waals surface area contributed by atoms with Gasteiger partial charge in [-0.2, -0.15) is 0 Å². The molecule has 7 heteroatoms. The van der Waals surface area contributed by atoms with Gasteiger partial charge in [-0.3, -0.25) is 4.98 Å². The fourth-order valence-corrected chi connectivity index (χ4v) is 3.11. The summed E-state index contributed by atoms with van der Waals surface area (Å²) in [6.07, 6.45) is 2.92. The summed E-state index contributed by atoms with van der Waals surface area (Å²) < 4.78 is 34.0. The van der Waals surface area contributed by atoms with Gasteiger partial charge in [0, 0.05) is 35.2 Å².